The average molecular weight is 282 g/mol. The number of aliphatic hydroxyl groups excluding tert-OH is 1. The SMILES string of the molecule is CCOc1ccccc1-c1nc2ccccn2c1C(C)O. The minimum absolute atomic E-state index is 0.592. The molecule has 0 amide bonds. The summed E-state index contributed by atoms with van der Waals surface area (Å²) >= 11 is 0. The molecule has 4 heteroatoms. The molecular weight excluding hydrogens is 264 g/mol. The van der Waals surface area contributed by atoms with Crippen LogP contribution in [0.15, 0.2) is 48.7 Å². The summed E-state index contributed by atoms with van der Waals surface area (Å²) in [6.07, 6.45) is 1.30. The Morgan fingerprint density at radius 3 is 2.71 bits per heavy atom. The Balaban J connectivity index is 2.27. The summed E-state index contributed by atoms with van der Waals surface area (Å²) in [6, 6.07) is 13.6. The van der Waals surface area contributed by atoms with Gasteiger partial charge in [-0.25, -0.2) is 4.98 Å². The summed E-state index contributed by atoms with van der Waals surface area (Å²) in [5.74, 6) is 0.783. The van der Waals surface area contributed by atoms with Crippen LogP contribution in [-0.4, -0.2) is 21.1 Å². The van der Waals surface area contributed by atoms with Crippen molar-refractivity contribution in [1.82, 2.24) is 9.38 Å². The Labute approximate surface area is 123 Å². The molecule has 2 heterocycles. The summed E-state index contributed by atoms with van der Waals surface area (Å²) in [5, 5.41) is 10.2. The van der Waals surface area contributed by atoms with Gasteiger partial charge in [-0.15, -0.1) is 0 Å². The van der Waals surface area contributed by atoms with Gasteiger partial charge in [0.2, 0.25) is 0 Å². The largest absolute Gasteiger partial charge is 0.493 e. The highest BCUT2D eigenvalue weighted by molar-refractivity contribution is 5.72. The minimum atomic E-state index is -0.618. The standard InChI is InChI=1S/C17H18N2O2/c1-3-21-14-9-5-4-8-13(14)16-17(12(2)20)19-11-7-6-10-15(19)18-16/h4-12,20H,3H2,1-2H3. The zero-order chi connectivity index (χ0) is 14.8. The molecule has 1 atom stereocenters. The normalized spacial score (nSPS) is 12.5. The summed E-state index contributed by atoms with van der Waals surface area (Å²) in [7, 11) is 0. The lowest BCUT2D eigenvalue weighted by atomic mass is 10.1. The number of para-hydroxylation sites is 1. The van der Waals surface area contributed by atoms with Crippen LogP contribution in [0.4, 0.5) is 0 Å². The number of rotatable bonds is 4. The van der Waals surface area contributed by atoms with E-state index in [1.165, 1.54) is 0 Å². The molecule has 0 fully saturated rings. The molecule has 1 N–H and O–H groups in total. The van der Waals surface area contributed by atoms with Crippen molar-refractivity contribution < 1.29 is 9.84 Å². The second-order valence-corrected chi connectivity index (χ2v) is 4.88. The number of nitrogens with zero attached hydrogens (tertiary/aromatic N) is 2. The molecule has 1 aromatic carbocycles. The van der Waals surface area contributed by atoms with Crippen LogP contribution in [0.5, 0.6) is 5.75 Å². The molecule has 4 nitrogen and oxygen atoms in total. The van der Waals surface area contributed by atoms with Gasteiger partial charge in [-0.2, -0.15) is 0 Å². The maximum atomic E-state index is 10.2. The van der Waals surface area contributed by atoms with Crippen LogP contribution in [0.3, 0.4) is 0 Å². The fourth-order valence-electron chi connectivity index (χ4n) is 2.56. The van der Waals surface area contributed by atoms with E-state index in [0.717, 1.165) is 28.3 Å². The Hall–Kier alpha value is -2.33. The Kier molecular flexibility index (Phi) is 3.62. The van der Waals surface area contributed by atoms with Crippen LogP contribution in [0, 0.1) is 0 Å². The maximum absolute atomic E-state index is 10.2. The van der Waals surface area contributed by atoms with Gasteiger partial charge >= 0.3 is 0 Å². The molecule has 3 rings (SSSR count). The van der Waals surface area contributed by atoms with E-state index >= 15 is 0 Å². The highest BCUT2D eigenvalue weighted by Gasteiger charge is 2.20. The first kappa shape index (κ1) is 13.6. The molecule has 0 saturated heterocycles. The maximum Gasteiger partial charge on any atom is 0.137 e. The van der Waals surface area contributed by atoms with Gasteiger partial charge in [0.15, 0.2) is 0 Å². The molecule has 0 aliphatic heterocycles. The predicted octanol–water partition coefficient (Wildman–Crippen LogP) is 3.45. The third-order valence-corrected chi connectivity index (χ3v) is 3.40. The molecule has 0 radical (unpaired) electrons. The monoisotopic (exact) mass is 282 g/mol. The molecule has 2 aromatic heterocycles. The molecule has 21 heavy (non-hydrogen) atoms. The van der Waals surface area contributed by atoms with E-state index in [1.807, 2.05) is 60.0 Å². The van der Waals surface area contributed by atoms with Crippen LogP contribution >= 0.6 is 0 Å². The first-order chi connectivity index (χ1) is 10.2. The Morgan fingerprint density at radius 2 is 1.95 bits per heavy atom. The number of ether oxygens (including phenoxy) is 1. The van der Waals surface area contributed by atoms with Crippen LogP contribution < -0.4 is 4.74 Å². The van der Waals surface area contributed by atoms with Crippen LogP contribution in [0.1, 0.15) is 25.6 Å². The summed E-state index contributed by atoms with van der Waals surface area (Å²) < 4.78 is 7.61. The van der Waals surface area contributed by atoms with E-state index in [-0.39, 0.29) is 0 Å². The molecule has 0 aliphatic rings. The number of imidazole rings is 1. The number of aromatic nitrogens is 2. The van der Waals surface area contributed by atoms with Crippen LogP contribution in [-0.2, 0) is 0 Å². The summed E-state index contributed by atoms with van der Waals surface area (Å²) in [6.45, 7) is 4.30. The highest BCUT2D eigenvalue weighted by atomic mass is 16.5. The van der Waals surface area contributed by atoms with Gasteiger partial charge in [0, 0.05) is 11.8 Å². The van der Waals surface area contributed by atoms with Crippen molar-refractivity contribution in [3.63, 3.8) is 0 Å². The number of aliphatic hydroxyl groups is 1. The molecule has 0 aliphatic carbocycles. The first-order valence-corrected chi connectivity index (χ1v) is 7.09. The fourth-order valence-corrected chi connectivity index (χ4v) is 2.56. The van der Waals surface area contributed by atoms with Gasteiger partial charge < -0.3 is 14.2 Å². The number of pyridine rings is 1. The minimum Gasteiger partial charge on any atom is -0.493 e. The van der Waals surface area contributed by atoms with Gasteiger partial charge in [-0.1, -0.05) is 18.2 Å². The van der Waals surface area contributed by atoms with E-state index in [0.29, 0.717) is 6.61 Å². The van der Waals surface area contributed by atoms with Gasteiger partial charge in [0.1, 0.15) is 11.4 Å². The van der Waals surface area contributed by atoms with Crippen molar-refractivity contribution in [2.75, 3.05) is 6.61 Å². The third kappa shape index (κ3) is 2.38. The van der Waals surface area contributed by atoms with E-state index in [1.54, 1.807) is 6.92 Å². The zero-order valence-electron chi connectivity index (χ0n) is 12.2. The fraction of sp³-hybridized carbons (Fsp3) is 0.235. The molecule has 1 unspecified atom stereocenters. The van der Waals surface area contributed by atoms with Crippen molar-refractivity contribution in [3.8, 4) is 17.0 Å². The average Bonchev–Trinajstić information content (AvgIpc) is 2.87. The van der Waals surface area contributed by atoms with Crippen LogP contribution in [0.2, 0.25) is 0 Å². The summed E-state index contributed by atoms with van der Waals surface area (Å²) in [4.78, 5) is 4.67. The molecule has 0 saturated carbocycles. The zero-order valence-corrected chi connectivity index (χ0v) is 12.2. The Bertz CT molecular complexity index is 762. The van der Waals surface area contributed by atoms with E-state index in [4.69, 9.17) is 4.74 Å². The van der Waals surface area contributed by atoms with Crippen molar-refractivity contribution >= 4 is 5.65 Å². The second-order valence-electron chi connectivity index (χ2n) is 4.88. The Morgan fingerprint density at radius 1 is 1.19 bits per heavy atom. The van der Waals surface area contributed by atoms with Gasteiger partial charge in [0.05, 0.1) is 24.1 Å². The third-order valence-electron chi connectivity index (χ3n) is 3.40. The number of hydrogen-bond acceptors (Lipinski definition) is 3. The lowest BCUT2D eigenvalue weighted by molar-refractivity contribution is 0.194. The number of benzene rings is 1. The molecule has 0 spiro atoms. The van der Waals surface area contributed by atoms with Crippen molar-refractivity contribution in [2.24, 2.45) is 0 Å². The van der Waals surface area contributed by atoms with E-state index < -0.39 is 6.10 Å². The van der Waals surface area contributed by atoms with Crippen molar-refractivity contribution in [1.29, 1.82) is 0 Å². The molecule has 3 aromatic rings. The second kappa shape index (κ2) is 5.58. The molecular formula is C17H18N2O2. The number of fused-ring (bicyclic) bond motifs is 1. The van der Waals surface area contributed by atoms with Gasteiger partial charge in [0.25, 0.3) is 0 Å². The smallest absolute Gasteiger partial charge is 0.137 e. The quantitative estimate of drug-likeness (QED) is 0.797. The highest BCUT2D eigenvalue weighted by Crippen LogP contribution is 2.34. The predicted molar refractivity (Wildman–Crippen MR) is 82.4 cm³/mol. The first-order valence-electron chi connectivity index (χ1n) is 7.09. The lowest BCUT2D eigenvalue weighted by Gasteiger charge is -2.11. The van der Waals surface area contributed by atoms with Crippen molar-refractivity contribution in [2.45, 2.75) is 20.0 Å². The van der Waals surface area contributed by atoms with Gasteiger partial charge in [-0.05, 0) is 38.1 Å². The van der Waals surface area contributed by atoms with Gasteiger partial charge in [-0.3, -0.25) is 0 Å². The van der Waals surface area contributed by atoms with E-state index in [2.05, 4.69) is 4.98 Å². The summed E-state index contributed by atoms with van der Waals surface area (Å²) in [5.41, 5.74) is 3.26. The van der Waals surface area contributed by atoms with Crippen LogP contribution in [0.25, 0.3) is 16.9 Å². The lowest BCUT2D eigenvalue weighted by Crippen LogP contribution is -2.00. The number of hydrogen-bond donors (Lipinski definition) is 1. The van der Waals surface area contributed by atoms with E-state index in [9.17, 15) is 5.11 Å². The molecule has 0 bridgehead atoms. The molecule has 108 valence electrons. The van der Waals surface area contributed by atoms with Crippen molar-refractivity contribution in [3.05, 3.63) is 54.4 Å². The topological polar surface area (TPSA) is 46.8 Å².